The van der Waals surface area contributed by atoms with E-state index in [2.05, 4.69) is 25.6 Å². The molecule has 28 heavy (non-hydrogen) atoms. The second-order valence-corrected chi connectivity index (χ2v) is 7.34. The van der Waals surface area contributed by atoms with Crippen molar-refractivity contribution in [2.75, 3.05) is 10.6 Å². The summed E-state index contributed by atoms with van der Waals surface area (Å²) in [5, 5.41) is 6.90. The summed E-state index contributed by atoms with van der Waals surface area (Å²) in [6.45, 7) is 0. The molecule has 3 aromatic rings. The van der Waals surface area contributed by atoms with Crippen LogP contribution in [0.25, 0.3) is 11.4 Å². The third kappa shape index (κ3) is 4.57. The fourth-order valence-electron chi connectivity index (χ4n) is 3.38. The highest BCUT2D eigenvalue weighted by molar-refractivity contribution is 6.30. The van der Waals surface area contributed by atoms with Crippen LogP contribution in [0.4, 0.5) is 21.8 Å². The molecule has 0 amide bonds. The first-order valence-corrected chi connectivity index (χ1v) is 9.84. The molecule has 7 heteroatoms. The molecule has 0 radical (unpaired) electrons. The van der Waals surface area contributed by atoms with Gasteiger partial charge < -0.3 is 10.6 Å². The molecule has 4 rings (SSSR count). The lowest BCUT2D eigenvalue weighted by atomic mass is 9.96. The Morgan fingerprint density at radius 3 is 2.61 bits per heavy atom. The Kier molecular flexibility index (Phi) is 5.67. The predicted molar refractivity (Wildman–Crippen MR) is 110 cm³/mol. The minimum atomic E-state index is -0.399. The fraction of sp³-hybridized carbons (Fsp3) is 0.286. The van der Waals surface area contributed by atoms with Gasteiger partial charge in [-0.05, 0) is 43.2 Å². The third-order valence-corrected chi connectivity index (χ3v) is 5.02. The van der Waals surface area contributed by atoms with Gasteiger partial charge in [-0.2, -0.15) is 4.98 Å². The molecule has 1 aromatic carbocycles. The van der Waals surface area contributed by atoms with Crippen molar-refractivity contribution < 1.29 is 4.39 Å². The second-order valence-electron chi connectivity index (χ2n) is 6.91. The normalized spacial score (nSPS) is 14.6. The number of halogens is 2. The molecule has 0 aliphatic heterocycles. The van der Waals surface area contributed by atoms with Crippen LogP contribution in [0.1, 0.15) is 32.1 Å². The Morgan fingerprint density at radius 1 is 0.964 bits per heavy atom. The number of nitrogens with one attached hydrogen (secondary N) is 2. The molecule has 5 nitrogen and oxygen atoms in total. The fourth-order valence-corrected chi connectivity index (χ4v) is 3.55. The van der Waals surface area contributed by atoms with Gasteiger partial charge in [-0.1, -0.05) is 36.9 Å². The van der Waals surface area contributed by atoms with E-state index in [0.29, 0.717) is 28.5 Å². The van der Waals surface area contributed by atoms with Crippen molar-refractivity contribution in [3.8, 4) is 11.4 Å². The summed E-state index contributed by atoms with van der Waals surface area (Å²) in [7, 11) is 0. The number of pyridine rings is 1. The molecule has 0 unspecified atom stereocenters. The molecule has 0 spiro atoms. The molecule has 144 valence electrons. The van der Waals surface area contributed by atoms with Gasteiger partial charge >= 0.3 is 0 Å². The zero-order valence-electron chi connectivity index (χ0n) is 15.3. The summed E-state index contributed by atoms with van der Waals surface area (Å²) < 4.78 is 14.2. The molecule has 0 bridgehead atoms. The van der Waals surface area contributed by atoms with Crippen molar-refractivity contribution >= 4 is 29.1 Å². The lowest BCUT2D eigenvalue weighted by molar-refractivity contribution is 0.461. The first-order chi connectivity index (χ1) is 13.7. The van der Waals surface area contributed by atoms with Gasteiger partial charge in [0.2, 0.25) is 5.95 Å². The maximum atomic E-state index is 14.2. The average Bonchev–Trinajstić information content (AvgIpc) is 2.72. The number of hydrogen-bond acceptors (Lipinski definition) is 5. The van der Waals surface area contributed by atoms with E-state index in [9.17, 15) is 4.39 Å². The van der Waals surface area contributed by atoms with Gasteiger partial charge in [-0.3, -0.25) is 4.98 Å². The minimum absolute atomic E-state index is 0.266. The second kappa shape index (κ2) is 8.52. The Morgan fingerprint density at radius 2 is 1.82 bits per heavy atom. The molecule has 0 atom stereocenters. The molecule has 1 fully saturated rings. The zero-order valence-corrected chi connectivity index (χ0v) is 16.1. The van der Waals surface area contributed by atoms with Crippen LogP contribution in [0.3, 0.4) is 0 Å². The van der Waals surface area contributed by atoms with E-state index in [1.165, 1.54) is 37.5 Å². The number of hydrogen-bond donors (Lipinski definition) is 2. The molecule has 2 N–H and O–H groups in total. The van der Waals surface area contributed by atoms with Crippen LogP contribution in [-0.4, -0.2) is 21.0 Å². The van der Waals surface area contributed by atoms with Gasteiger partial charge in [0.05, 0.1) is 17.1 Å². The highest BCUT2D eigenvalue weighted by Gasteiger charge is 2.16. The van der Waals surface area contributed by atoms with Crippen molar-refractivity contribution in [3.63, 3.8) is 0 Å². The Bertz CT molecular complexity index is 945. The van der Waals surface area contributed by atoms with Crippen LogP contribution in [0.5, 0.6) is 0 Å². The number of anilines is 3. The van der Waals surface area contributed by atoms with Crippen LogP contribution in [0.15, 0.2) is 48.7 Å². The van der Waals surface area contributed by atoms with Gasteiger partial charge in [-0.15, -0.1) is 0 Å². The largest absolute Gasteiger partial charge is 0.351 e. The maximum Gasteiger partial charge on any atom is 0.225 e. The first-order valence-electron chi connectivity index (χ1n) is 9.46. The molecule has 1 aliphatic rings. The molecule has 2 heterocycles. The number of benzene rings is 1. The molecular formula is C21H21ClFN5. The Balaban J connectivity index is 1.67. The molecule has 2 aromatic heterocycles. The molecular weight excluding hydrogens is 377 g/mol. The Labute approximate surface area is 168 Å². The van der Waals surface area contributed by atoms with E-state index in [1.54, 1.807) is 12.3 Å². The molecule has 0 saturated heterocycles. The van der Waals surface area contributed by atoms with Crippen molar-refractivity contribution in [2.45, 2.75) is 38.1 Å². The van der Waals surface area contributed by atoms with Gasteiger partial charge in [0, 0.05) is 23.3 Å². The van der Waals surface area contributed by atoms with Crippen LogP contribution in [0, 0.1) is 5.82 Å². The van der Waals surface area contributed by atoms with Gasteiger partial charge in [0.1, 0.15) is 11.6 Å². The summed E-state index contributed by atoms with van der Waals surface area (Å²) in [4.78, 5) is 13.6. The summed E-state index contributed by atoms with van der Waals surface area (Å²) in [6, 6.07) is 12.1. The van der Waals surface area contributed by atoms with E-state index in [1.807, 2.05) is 18.2 Å². The zero-order chi connectivity index (χ0) is 19.3. The number of rotatable bonds is 5. The molecule has 1 saturated carbocycles. The van der Waals surface area contributed by atoms with Crippen LogP contribution < -0.4 is 10.6 Å². The lowest BCUT2D eigenvalue weighted by Gasteiger charge is -2.23. The van der Waals surface area contributed by atoms with Gasteiger partial charge in [0.15, 0.2) is 0 Å². The van der Waals surface area contributed by atoms with Crippen LogP contribution in [0.2, 0.25) is 5.02 Å². The summed E-state index contributed by atoms with van der Waals surface area (Å²) in [5.74, 6) is 0.597. The monoisotopic (exact) mass is 397 g/mol. The Hall–Kier alpha value is -2.73. The van der Waals surface area contributed by atoms with Gasteiger partial charge in [0.25, 0.3) is 0 Å². The lowest BCUT2D eigenvalue weighted by Crippen LogP contribution is -2.23. The topological polar surface area (TPSA) is 62.7 Å². The number of nitrogens with zero attached hydrogens (tertiary/aromatic N) is 3. The predicted octanol–water partition coefficient (Wildman–Crippen LogP) is 5.82. The van der Waals surface area contributed by atoms with E-state index in [0.717, 1.165) is 18.5 Å². The minimum Gasteiger partial charge on any atom is -0.351 e. The average molecular weight is 398 g/mol. The highest BCUT2D eigenvalue weighted by atomic mass is 35.5. The van der Waals surface area contributed by atoms with Crippen molar-refractivity contribution in [3.05, 3.63) is 59.5 Å². The van der Waals surface area contributed by atoms with E-state index in [-0.39, 0.29) is 5.69 Å². The third-order valence-electron chi connectivity index (χ3n) is 4.78. The van der Waals surface area contributed by atoms with Crippen LogP contribution in [-0.2, 0) is 0 Å². The van der Waals surface area contributed by atoms with E-state index >= 15 is 0 Å². The summed E-state index contributed by atoms with van der Waals surface area (Å²) >= 11 is 6.01. The summed E-state index contributed by atoms with van der Waals surface area (Å²) in [6.07, 6.45) is 7.60. The standard InChI is InChI=1S/C21H21ClFN5/c22-14-9-10-16(23)18(12-14)26-20-13-19(17-8-4-5-11-24-17)27-21(28-20)25-15-6-2-1-3-7-15/h4-5,8-13,15H,1-3,6-7H2,(H2,25,26,27,28). The smallest absolute Gasteiger partial charge is 0.225 e. The van der Waals surface area contributed by atoms with Crippen molar-refractivity contribution in [1.29, 1.82) is 0 Å². The maximum absolute atomic E-state index is 14.2. The van der Waals surface area contributed by atoms with Gasteiger partial charge in [-0.25, -0.2) is 9.37 Å². The molecule has 1 aliphatic carbocycles. The van der Waals surface area contributed by atoms with E-state index < -0.39 is 5.82 Å². The van der Waals surface area contributed by atoms with Crippen LogP contribution >= 0.6 is 11.6 Å². The highest BCUT2D eigenvalue weighted by Crippen LogP contribution is 2.27. The van der Waals surface area contributed by atoms with E-state index in [4.69, 9.17) is 11.6 Å². The number of aromatic nitrogens is 3. The van der Waals surface area contributed by atoms with Crippen molar-refractivity contribution in [2.24, 2.45) is 0 Å². The first kappa shape index (κ1) is 18.6. The summed E-state index contributed by atoms with van der Waals surface area (Å²) in [5.41, 5.74) is 1.66. The SMILES string of the molecule is Fc1ccc(Cl)cc1Nc1cc(-c2ccccn2)nc(NC2CCCCC2)n1. The van der Waals surface area contributed by atoms with Crippen molar-refractivity contribution in [1.82, 2.24) is 15.0 Å². The quantitative estimate of drug-likeness (QED) is 0.568.